The third-order valence-electron chi connectivity index (χ3n) is 6.54. The maximum Gasteiger partial charge on any atom is 0.337 e. The number of hydrogen-bond donors (Lipinski definition) is 1. The number of fused-ring (bicyclic) bond motifs is 1. The minimum absolute atomic E-state index is 0.0830. The van der Waals surface area contributed by atoms with Crippen molar-refractivity contribution in [2.24, 2.45) is 0 Å². The predicted octanol–water partition coefficient (Wildman–Crippen LogP) is 2.86. The van der Waals surface area contributed by atoms with Crippen LogP contribution >= 0.6 is 0 Å². The molecule has 0 bridgehead atoms. The molecule has 2 aromatic carbocycles. The van der Waals surface area contributed by atoms with Gasteiger partial charge in [0.25, 0.3) is 11.5 Å². The molecule has 1 aliphatic rings. The fourth-order valence-electron chi connectivity index (χ4n) is 4.66. The van der Waals surface area contributed by atoms with Gasteiger partial charge in [-0.15, -0.1) is 0 Å². The van der Waals surface area contributed by atoms with Crippen LogP contribution in [0.15, 0.2) is 70.4 Å². The Balaban J connectivity index is 1.51. The van der Waals surface area contributed by atoms with E-state index in [2.05, 4.69) is 4.98 Å². The molecule has 11 heteroatoms. The van der Waals surface area contributed by atoms with Gasteiger partial charge >= 0.3 is 5.69 Å². The van der Waals surface area contributed by atoms with Crippen LogP contribution in [0.1, 0.15) is 30.6 Å². The first-order valence-electron chi connectivity index (χ1n) is 11.6. The third kappa shape index (κ3) is 4.42. The van der Waals surface area contributed by atoms with Crippen LogP contribution in [0.5, 0.6) is 0 Å². The minimum Gasteiger partial charge on any atom is -0.378 e. The molecule has 190 valence electrons. The molecule has 1 N–H and O–H groups in total. The monoisotopic (exact) mass is 510 g/mol. The zero-order valence-electron chi connectivity index (χ0n) is 19.4. The Labute approximate surface area is 207 Å². The number of piperidine rings is 1. The molecule has 0 spiro atoms. The molecule has 37 heavy (non-hydrogen) atoms. The van der Waals surface area contributed by atoms with Gasteiger partial charge in [-0.05, 0) is 36.6 Å². The molecule has 1 saturated heterocycles. The van der Waals surface area contributed by atoms with Crippen LogP contribution in [0.2, 0.25) is 0 Å². The highest BCUT2D eigenvalue weighted by molar-refractivity contribution is 5.82. The van der Waals surface area contributed by atoms with E-state index in [1.54, 1.807) is 30.3 Å². The summed E-state index contributed by atoms with van der Waals surface area (Å²) in [5, 5.41) is 10.3. The number of halogens is 3. The van der Waals surface area contributed by atoms with Gasteiger partial charge in [-0.1, -0.05) is 30.3 Å². The lowest BCUT2D eigenvalue weighted by Gasteiger charge is -2.34. The normalized spacial score (nSPS) is 15.2. The van der Waals surface area contributed by atoms with Crippen LogP contribution in [-0.4, -0.2) is 43.1 Å². The fraction of sp³-hybridized carbons (Fsp3) is 0.231. The van der Waals surface area contributed by atoms with Crippen molar-refractivity contribution in [3.05, 3.63) is 105 Å². The van der Waals surface area contributed by atoms with Crippen LogP contribution in [0.25, 0.3) is 16.7 Å². The molecule has 2 aromatic heterocycles. The summed E-state index contributed by atoms with van der Waals surface area (Å²) in [5.41, 5.74) is -1.46. The molecule has 1 aliphatic heterocycles. The Morgan fingerprint density at radius 2 is 1.68 bits per heavy atom. The lowest BCUT2D eigenvalue weighted by atomic mass is 10.0. The summed E-state index contributed by atoms with van der Waals surface area (Å²) in [6.07, 6.45) is -0.117. The van der Waals surface area contributed by atoms with Crippen molar-refractivity contribution in [2.45, 2.75) is 25.0 Å². The van der Waals surface area contributed by atoms with Gasteiger partial charge < -0.3 is 10.0 Å². The molecule has 0 aliphatic carbocycles. The number of pyridine rings is 1. The van der Waals surface area contributed by atoms with Crippen molar-refractivity contribution in [2.75, 3.05) is 13.1 Å². The largest absolute Gasteiger partial charge is 0.378 e. The summed E-state index contributed by atoms with van der Waals surface area (Å²) in [6, 6.07) is 11.5. The number of hydrogen-bond acceptors (Lipinski definition) is 5. The second-order valence-electron chi connectivity index (χ2n) is 8.79. The number of amides is 1. The number of carbonyl (C=O) groups excluding carboxylic acids is 1. The lowest BCUT2D eigenvalue weighted by molar-refractivity contribution is -0.141. The average Bonchev–Trinajstić information content (AvgIpc) is 2.91. The molecule has 1 fully saturated rings. The van der Waals surface area contributed by atoms with E-state index >= 15 is 0 Å². The van der Waals surface area contributed by atoms with E-state index in [1.807, 2.05) is 0 Å². The molecular formula is C26H21F3N4O4. The minimum atomic E-state index is -1.35. The topological polar surface area (TPSA) is 97.4 Å². The summed E-state index contributed by atoms with van der Waals surface area (Å²) < 4.78 is 43.5. The summed E-state index contributed by atoms with van der Waals surface area (Å²) in [4.78, 5) is 45.0. The van der Waals surface area contributed by atoms with Gasteiger partial charge in [-0.25, -0.2) is 27.5 Å². The Kier molecular flexibility index (Phi) is 6.38. The number of benzene rings is 2. The zero-order valence-corrected chi connectivity index (χ0v) is 19.4. The number of carbonyl (C=O) groups is 1. The second-order valence-corrected chi connectivity index (χ2v) is 8.79. The second kappa shape index (κ2) is 9.66. The number of aliphatic hydroxyl groups excluding tert-OH is 1. The molecule has 0 unspecified atom stereocenters. The van der Waals surface area contributed by atoms with Crippen molar-refractivity contribution in [3.63, 3.8) is 0 Å². The molecule has 0 radical (unpaired) electrons. The van der Waals surface area contributed by atoms with Crippen molar-refractivity contribution < 1.29 is 23.1 Å². The zero-order chi connectivity index (χ0) is 26.3. The molecule has 1 atom stereocenters. The Morgan fingerprint density at radius 3 is 2.35 bits per heavy atom. The van der Waals surface area contributed by atoms with Crippen molar-refractivity contribution in [1.29, 1.82) is 0 Å². The van der Waals surface area contributed by atoms with Gasteiger partial charge in [0.2, 0.25) is 0 Å². The first kappa shape index (κ1) is 24.4. The third-order valence-corrected chi connectivity index (χ3v) is 6.54. The first-order chi connectivity index (χ1) is 17.8. The van der Waals surface area contributed by atoms with Crippen LogP contribution in [0.3, 0.4) is 0 Å². The quantitative estimate of drug-likeness (QED) is 0.456. The van der Waals surface area contributed by atoms with E-state index in [-0.39, 0.29) is 42.7 Å². The highest BCUT2D eigenvalue weighted by Gasteiger charge is 2.31. The SMILES string of the molecule is O=C([C@H](O)c1ccccc1)N1CCC(n2c(=O)c3cc(F)cnc3n(-c3ccc(F)c(F)c3)c2=O)CC1. The molecule has 0 saturated carbocycles. The van der Waals surface area contributed by atoms with Gasteiger partial charge in [0.05, 0.1) is 17.3 Å². The van der Waals surface area contributed by atoms with E-state index < -0.39 is 46.8 Å². The molecule has 8 nitrogen and oxygen atoms in total. The van der Waals surface area contributed by atoms with Crippen LogP contribution < -0.4 is 11.2 Å². The van der Waals surface area contributed by atoms with E-state index in [1.165, 1.54) is 4.90 Å². The summed E-state index contributed by atoms with van der Waals surface area (Å²) in [5.74, 6) is -3.63. The van der Waals surface area contributed by atoms with Gasteiger partial charge in [-0.3, -0.25) is 14.2 Å². The van der Waals surface area contributed by atoms with Crippen molar-refractivity contribution in [1.82, 2.24) is 19.0 Å². The smallest absolute Gasteiger partial charge is 0.337 e. The first-order valence-corrected chi connectivity index (χ1v) is 11.6. The van der Waals surface area contributed by atoms with E-state index in [9.17, 15) is 32.7 Å². The number of aliphatic hydroxyl groups is 1. The van der Waals surface area contributed by atoms with Gasteiger partial charge in [0.1, 0.15) is 5.82 Å². The van der Waals surface area contributed by atoms with E-state index in [4.69, 9.17) is 0 Å². The molecule has 3 heterocycles. The highest BCUT2D eigenvalue weighted by Crippen LogP contribution is 2.25. The van der Waals surface area contributed by atoms with Gasteiger partial charge in [-0.2, -0.15) is 0 Å². The lowest BCUT2D eigenvalue weighted by Crippen LogP contribution is -2.47. The highest BCUT2D eigenvalue weighted by atomic mass is 19.2. The van der Waals surface area contributed by atoms with E-state index in [0.717, 1.165) is 39.6 Å². The number of nitrogens with zero attached hydrogens (tertiary/aromatic N) is 4. The molecule has 4 aromatic rings. The van der Waals surface area contributed by atoms with Crippen molar-refractivity contribution >= 4 is 16.9 Å². The van der Waals surface area contributed by atoms with E-state index in [0.29, 0.717) is 5.56 Å². The maximum absolute atomic E-state index is 14.0. The maximum atomic E-state index is 14.0. The average molecular weight is 510 g/mol. The molecular weight excluding hydrogens is 489 g/mol. The molecule has 5 rings (SSSR count). The van der Waals surface area contributed by atoms with Crippen LogP contribution in [0.4, 0.5) is 13.2 Å². The standard InChI is InChI=1S/C26H21F3N4O4/c27-16-12-19-23(30-14-16)32(18-6-7-20(28)21(29)13-18)26(37)33(24(19)35)17-8-10-31(11-9-17)25(36)22(34)15-4-2-1-3-5-15/h1-7,12-14,17,22,34H,8-11H2/t22-/m1/s1. The summed E-state index contributed by atoms with van der Waals surface area (Å²) in [6.45, 7) is 0.313. The fourth-order valence-corrected chi connectivity index (χ4v) is 4.66. The Morgan fingerprint density at radius 1 is 0.973 bits per heavy atom. The van der Waals surface area contributed by atoms with Crippen molar-refractivity contribution in [3.8, 4) is 5.69 Å². The summed E-state index contributed by atoms with van der Waals surface area (Å²) in [7, 11) is 0. The number of likely N-dealkylation sites (tertiary alicyclic amines) is 1. The number of aromatic nitrogens is 3. The van der Waals surface area contributed by atoms with Gasteiger partial charge in [0, 0.05) is 25.2 Å². The number of rotatable bonds is 4. The summed E-state index contributed by atoms with van der Waals surface area (Å²) >= 11 is 0. The van der Waals surface area contributed by atoms with Crippen LogP contribution in [-0.2, 0) is 4.79 Å². The Bertz CT molecular complexity index is 1610. The van der Waals surface area contributed by atoms with Gasteiger partial charge in [0.15, 0.2) is 23.4 Å². The Hall–Kier alpha value is -4.25. The van der Waals surface area contributed by atoms with Crippen LogP contribution in [0, 0.1) is 17.5 Å². The predicted molar refractivity (Wildman–Crippen MR) is 128 cm³/mol. The molecule has 1 amide bonds.